The summed E-state index contributed by atoms with van der Waals surface area (Å²) in [5.74, 6) is -0.166. The van der Waals surface area contributed by atoms with Crippen LogP contribution in [0.4, 0.5) is 32.3 Å². The minimum Gasteiger partial charge on any atom is -0.353 e. The summed E-state index contributed by atoms with van der Waals surface area (Å²) in [4.78, 5) is 6.79. The molecule has 0 amide bonds. The Kier molecular flexibility index (Phi) is 5.15. The monoisotopic (exact) mass is 302 g/mol. The lowest BCUT2D eigenvalue weighted by atomic mass is 10.2. The average molecular weight is 302 g/mol. The fraction of sp³-hybridized carbons (Fsp3) is 0.600. The van der Waals surface area contributed by atoms with Gasteiger partial charge in [-0.15, -0.1) is 0 Å². The lowest BCUT2D eigenvalue weighted by molar-refractivity contribution is -0.139. The zero-order valence-corrected chi connectivity index (χ0v) is 10.3. The second-order valence-corrected chi connectivity index (χ2v) is 3.98. The number of likely N-dealkylation sites (N-methyl/N-ethyl adjacent to an activating group) is 1. The Labute approximate surface area is 110 Å². The van der Waals surface area contributed by atoms with Gasteiger partial charge in [0.25, 0.3) is 0 Å². The van der Waals surface area contributed by atoms with E-state index in [1.807, 2.05) is 0 Å². The molecule has 1 aromatic rings. The summed E-state index contributed by atoms with van der Waals surface area (Å²) in [6.45, 7) is -0.165. The van der Waals surface area contributed by atoms with E-state index >= 15 is 0 Å². The van der Waals surface area contributed by atoms with E-state index in [-0.39, 0.29) is 12.5 Å². The van der Waals surface area contributed by atoms with Gasteiger partial charge in [0.2, 0.25) is 5.95 Å². The number of nitrogens with zero attached hydrogens (tertiary/aromatic N) is 2. The number of aromatic nitrogens is 2. The highest BCUT2D eigenvalue weighted by Crippen LogP contribution is 2.28. The van der Waals surface area contributed by atoms with E-state index in [0.717, 1.165) is 0 Å². The van der Waals surface area contributed by atoms with Crippen molar-refractivity contribution in [3.8, 4) is 0 Å². The molecule has 1 rings (SSSR count). The number of hydrogen-bond donors (Lipinski definition) is 2. The minimum atomic E-state index is -4.55. The first-order valence-corrected chi connectivity index (χ1v) is 5.49. The van der Waals surface area contributed by atoms with E-state index in [1.54, 1.807) is 0 Å². The topological polar surface area (TPSA) is 49.8 Å². The molecule has 0 spiro atoms. The van der Waals surface area contributed by atoms with Crippen LogP contribution in [-0.2, 0) is 6.18 Å². The van der Waals surface area contributed by atoms with Gasteiger partial charge in [-0.2, -0.15) is 26.3 Å². The van der Waals surface area contributed by atoms with Crippen molar-refractivity contribution in [1.29, 1.82) is 0 Å². The minimum absolute atomic E-state index is 0.165. The predicted octanol–water partition coefficient (Wildman–Crippen LogP) is 2.45. The number of nitrogens with one attached hydrogen (secondary N) is 2. The number of halogens is 6. The average Bonchev–Trinajstić information content (AvgIpc) is 2.32. The maximum Gasteiger partial charge on any atom is 0.419 e. The Hall–Kier alpha value is -1.58. The number of hydrogen-bond acceptors (Lipinski definition) is 4. The van der Waals surface area contributed by atoms with Gasteiger partial charge in [0.15, 0.2) is 0 Å². The van der Waals surface area contributed by atoms with Gasteiger partial charge in [0, 0.05) is 25.0 Å². The summed E-state index contributed by atoms with van der Waals surface area (Å²) >= 11 is 0. The second-order valence-electron chi connectivity index (χ2n) is 3.98. The first-order valence-electron chi connectivity index (χ1n) is 5.49. The van der Waals surface area contributed by atoms with Crippen LogP contribution in [0, 0.1) is 0 Å². The summed E-state index contributed by atoms with van der Waals surface area (Å²) in [5.41, 5.74) is -1.02. The summed E-state index contributed by atoms with van der Waals surface area (Å²) in [6.07, 6.45) is -8.84. The van der Waals surface area contributed by atoms with E-state index in [4.69, 9.17) is 0 Å². The Bertz CT molecular complexity index is 413. The molecule has 1 heterocycles. The molecule has 4 nitrogen and oxygen atoms in total. The van der Waals surface area contributed by atoms with Crippen LogP contribution in [0.5, 0.6) is 0 Å². The van der Waals surface area contributed by atoms with Gasteiger partial charge in [0.05, 0.1) is 12.0 Å². The third-order valence-electron chi connectivity index (χ3n) is 2.37. The number of rotatable bonds is 5. The third kappa shape index (κ3) is 5.59. The van der Waals surface area contributed by atoms with Gasteiger partial charge in [-0.05, 0) is 7.05 Å². The molecule has 0 bridgehead atoms. The van der Waals surface area contributed by atoms with Crippen LogP contribution in [0.1, 0.15) is 12.0 Å². The molecular weight excluding hydrogens is 290 g/mol. The van der Waals surface area contributed by atoms with Crippen molar-refractivity contribution in [1.82, 2.24) is 15.3 Å². The molecule has 0 aliphatic carbocycles. The zero-order valence-electron chi connectivity index (χ0n) is 10.3. The van der Waals surface area contributed by atoms with Crippen molar-refractivity contribution >= 4 is 5.95 Å². The van der Waals surface area contributed by atoms with Gasteiger partial charge in [-0.1, -0.05) is 0 Å². The summed E-state index contributed by atoms with van der Waals surface area (Å²) in [5, 5.41) is 4.89. The van der Waals surface area contributed by atoms with Crippen molar-refractivity contribution in [2.45, 2.75) is 24.8 Å². The maximum absolute atomic E-state index is 12.2. The van der Waals surface area contributed by atoms with E-state index in [1.165, 1.54) is 7.05 Å². The Morgan fingerprint density at radius 3 is 2.05 bits per heavy atom. The summed E-state index contributed by atoms with van der Waals surface area (Å²) in [7, 11) is 1.35. The molecule has 0 aliphatic heterocycles. The fourth-order valence-electron chi connectivity index (χ4n) is 1.34. The normalized spacial score (nSPS) is 14.2. The SMILES string of the molecule is CN[C@H](CNc1ncc(C(F)(F)F)cn1)CC(F)(F)F. The Morgan fingerprint density at radius 2 is 1.65 bits per heavy atom. The van der Waals surface area contributed by atoms with Crippen LogP contribution in [0.3, 0.4) is 0 Å². The quantitative estimate of drug-likeness (QED) is 0.820. The Balaban J connectivity index is 2.57. The molecule has 0 radical (unpaired) electrons. The molecular formula is C10H12F6N4. The molecule has 10 heteroatoms. The third-order valence-corrected chi connectivity index (χ3v) is 2.37. The van der Waals surface area contributed by atoms with Gasteiger partial charge in [-0.3, -0.25) is 0 Å². The van der Waals surface area contributed by atoms with Gasteiger partial charge < -0.3 is 10.6 Å². The zero-order chi connectivity index (χ0) is 15.4. The molecule has 1 atom stereocenters. The van der Waals surface area contributed by atoms with Crippen LogP contribution in [-0.4, -0.2) is 35.8 Å². The molecule has 20 heavy (non-hydrogen) atoms. The van der Waals surface area contributed by atoms with E-state index < -0.39 is 30.4 Å². The van der Waals surface area contributed by atoms with Crippen molar-refractivity contribution in [3.05, 3.63) is 18.0 Å². The van der Waals surface area contributed by atoms with Crippen molar-refractivity contribution in [3.63, 3.8) is 0 Å². The van der Waals surface area contributed by atoms with E-state index in [9.17, 15) is 26.3 Å². The van der Waals surface area contributed by atoms with Gasteiger partial charge >= 0.3 is 12.4 Å². The molecule has 0 saturated carbocycles. The molecule has 0 saturated heterocycles. The molecule has 2 N–H and O–H groups in total. The van der Waals surface area contributed by atoms with Crippen LogP contribution in [0.25, 0.3) is 0 Å². The van der Waals surface area contributed by atoms with E-state index in [2.05, 4.69) is 20.6 Å². The lowest BCUT2D eigenvalue weighted by Gasteiger charge is -2.18. The molecule has 0 unspecified atom stereocenters. The molecule has 0 fully saturated rings. The maximum atomic E-state index is 12.2. The van der Waals surface area contributed by atoms with E-state index in [0.29, 0.717) is 12.4 Å². The van der Waals surface area contributed by atoms with Gasteiger partial charge in [0.1, 0.15) is 0 Å². The van der Waals surface area contributed by atoms with Crippen LogP contribution in [0.2, 0.25) is 0 Å². The highest BCUT2D eigenvalue weighted by molar-refractivity contribution is 5.25. The Morgan fingerprint density at radius 1 is 1.10 bits per heavy atom. The fourth-order valence-corrected chi connectivity index (χ4v) is 1.34. The van der Waals surface area contributed by atoms with Crippen molar-refractivity contribution in [2.24, 2.45) is 0 Å². The van der Waals surface area contributed by atoms with Crippen molar-refractivity contribution < 1.29 is 26.3 Å². The number of alkyl halides is 6. The summed E-state index contributed by atoms with van der Waals surface area (Å²) < 4.78 is 73.3. The highest BCUT2D eigenvalue weighted by Gasteiger charge is 2.32. The predicted molar refractivity (Wildman–Crippen MR) is 59.0 cm³/mol. The smallest absolute Gasteiger partial charge is 0.353 e. The number of anilines is 1. The molecule has 0 aliphatic rings. The first kappa shape index (κ1) is 16.5. The molecule has 1 aromatic heterocycles. The highest BCUT2D eigenvalue weighted by atomic mass is 19.4. The lowest BCUT2D eigenvalue weighted by Crippen LogP contribution is -2.37. The first-order chi connectivity index (χ1) is 9.12. The van der Waals surface area contributed by atoms with Crippen LogP contribution in [0.15, 0.2) is 12.4 Å². The summed E-state index contributed by atoms with van der Waals surface area (Å²) in [6, 6.07) is -0.930. The standard InChI is InChI=1S/C10H12F6N4/c1-17-7(2-9(11,12)13)5-20-8-18-3-6(4-19-8)10(14,15)16/h3-4,7,17H,2,5H2,1H3,(H,18,19,20)/t7-/m0/s1. The van der Waals surface area contributed by atoms with Crippen LogP contribution >= 0.6 is 0 Å². The van der Waals surface area contributed by atoms with Crippen LogP contribution < -0.4 is 10.6 Å². The van der Waals surface area contributed by atoms with Gasteiger partial charge in [-0.25, -0.2) is 9.97 Å². The molecule has 0 aromatic carbocycles. The van der Waals surface area contributed by atoms with Crippen molar-refractivity contribution in [2.75, 3.05) is 18.9 Å². The second kappa shape index (κ2) is 6.25. The molecule has 114 valence electrons. The largest absolute Gasteiger partial charge is 0.419 e.